The molecule has 0 bridgehead atoms. The van der Waals surface area contributed by atoms with Crippen LogP contribution in [0.25, 0.3) is 0 Å². The van der Waals surface area contributed by atoms with Crippen molar-refractivity contribution < 1.29 is 19.7 Å². The van der Waals surface area contributed by atoms with Gasteiger partial charge in [-0.1, -0.05) is 5.57 Å². The summed E-state index contributed by atoms with van der Waals surface area (Å²) in [5, 5.41) is 17.1. The summed E-state index contributed by atoms with van der Waals surface area (Å²) in [6.45, 7) is 11.1. The minimum atomic E-state index is 0.255. The van der Waals surface area contributed by atoms with Gasteiger partial charge < -0.3 is 19.7 Å². The van der Waals surface area contributed by atoms with E-state index in [-0.39, 0.29) is 13.2 Å². The molecule has 0 aromatic heterocycles. The first-order valence-corrected chi connectivity index (χ1v) is 7.64. The molecule has 0 saturated carbocycles. The van der Waals surface area contributed by atoms with Gasteiger partial charge in [-0.05, 0) is 52.4 Å². The maximum atomic E-state index is 8.54. The Labute approximate surface area is 124 Å². The molecule has 4 heteroatoms. The summed E-state index contributed by atoms with van der Waals surface area (Å²) < 4.78 is 10.8. The van der Waals surface area contributed by atoms with Crippen molar-refractivity contribution in [2.75, 3.05) is 39.6 Å². The molecule has 0 aliphatic carbocycles. The molecule has 0 unspecified atom stereocenters. The van der Waals surface area contributed by atoms with Crippen LogP contribution in [-0.4, -0.2) is 49.9 Å². The van der Waals surface area contributed by atoms with E-state index in [1.165, 1.54) is 5.57 Å². The van der Waals surface area contributed by atoms with Gasteiger partial charge in [-0.3, -0.25) is 0 Å². The average molecular weight is 290 g/mol. The van der Waals surface area contributed by atoms with Crippen molar-refractivity contribution in [3.63, 3.8) is 0 Å². The van der Waals surface area contributed by atoms with Gasteiger partial charge in [0.25, 0.3) is 0 Å². The van der Waals surface area contributed by atoms with Crippen molar-refractivity contribution in [2.24, 2.45) is 0 Å². The second-order valence-electron chi connectivity index (χ2n) is 5.00. The molecule has 0 amide bonds. The molecule has 0 fully saturated rings. The average Bonchev–Trinajstić information content (AvgIpc) is 2.39. The molecule has 122 valence electrons. The zero-order valence-electron chi connectivity index (χ0n) is 13.4. The van der Waals surface area contributed by atoms with Crippen LogP contribution < -0.4 is 0 Å². The Morgan fingerprint density at radius 2 is 0.950 bits per heavy atom. The predicted molar refractivity (Wildman–Crippen MR) is 84.0 cm³/mol. The minimum absolute atomic E-state index is 0.255. The maximum absolute atomic E-state index is 8.54. The van der Waals surface area contributed by atoms with Crippen LogP contribution in [0, 0.1) is 0 Å². The van der Waals surface area contributed by atoms with Gasteiger partial charge in [0, 0.05) is 39.6 Å². The number of allylic oxidation sites excluding steroid dienone is 1. The standard InChI is InChI=1S/C12H26O4.C4H8/c13-7-1-3-9-15-11-5-6-12-16-10-4-2-8-14;1-4(2)3/h13-14H,1-12H2;1H2,2-3H3. The molecule has 0 aliphatic rings. The monoisotopic (exact) mass is 290 g/mol. The SMILES string of the molecule is C=C(C)C.OCCCCOCCCCOCCCCO. The first-order chi connectivity index (χ1) is 9.65. The van der Waals surface area contributed by atoms with E-state index in [0.29, 0.717) is 0 Å². The first kappa shape index (κ1) is 21.9. The van der Waals surface area contributed by atoms with Gasteiger partial charge in [-0.2, -0.15) is 0 Å². The zero-order valence-corrected chi connectivity index (χ0v) is 13.4. The molecule has 20 heavy (non-hydrogen) atoms. The lowest BCUT2D eigenvalue weighted by molar-refractivity contribution is 0.0960. The minimum Gasteiger partial charge on any atom is -0.396 e. The Balaban J connectivity index is 0. The highest BCUT2D eigenvalue weighted by Gasteiger charge is 1.92. The largest absolute Gasteiger partial charge is 0.396 e. The van der Waals surface area contributed by atoms with Gasteiger partial charge in [0.1, 0.15) is 0 Å². The summed E-state index contributed by atoms with van der Waals surface area (Å²) in [7, 11) is 0. The van der Waals surface area contributed by atoms with Crippen molar-refractivity contribution in [3.05, 3.63) is 12.2 Å². The number of ether oxygens (including phenoxy) is 2. The molecule has 0 atom stereocenters. The van der Waals surface area contributed by atoms with Gasteiger partial charge >= 0.3 is 0 Å². The van der Waals surface area contributed by atoms with E-state index >= 15 is 0 Å². The van der Waals surface area contributed by atoms with E-state index in [1.807, 2.05) is 13.8 Å². The van der Waals surface area contributed by atoms with E-state index in [1.54, 1.807) is 0 Å². The molecule has 0 heterocycles. The molecule has 0 saturated heterocycles. The van der Waals surface area contributed by atoms with Crippen LogP contribution in [-0.2, 0) is 9.47 Å². The van der Waals surface area contributed by atoms with Crippen molar-refractivity contribution >= 4 is 0 Å². The Morgan fingerprint density at radius 1 is 0.700 bits per heavy atom. The molecule has 0 rings (SSSR count). The van der Waals surface area contributed by atoms with Crippen LogP contribution in [0.5, 0.6) is 0 Å². The molecular weight excluding hydrogens is 256 g/mol. The summed E-state index contributed by atoms with van der Waals surface area (Å²) in [5.41, 5.74) is 1.17. The Kier molecular flexibility index (Phi) is 22.8. The van der Waals surface area contributed by atoms with Crippen LogP contribution in [0.15, 0.2) is 12.2 Å². The van der Waals surface area contributed by atoms with Crippen LogP contribution in [0.2, 0.25) is 0 Å². The van der Waals surface area contributed by atoms with Gasteiger partial charge in [0.05, 0.1) is 0 Å². The van der Waals surface area contributed by atoms with Gasteiger partial charge in [-0.15, -0.1) is 6.58 Å². The molecule has 0 radical (unpaired) electrons. The van der Waals surface area contributed by atoms with Crippen LogP contribution in [0.4, 0.5) is 0 Å². The summed E-state index contributed by atoms with van der Waals surface area (Å²) in [6, 6.07) is 0. The lowest BCUT2D eigenvalue weighted by Gasteiger charge is -2.05. The Bertz CT molecular complexity index is 165. The number of aliphatic hydroxyl groups is 2. The molecular formula is C16H34O4. The first-order valence-electron chi connectivity index (χ1n) is 7.64. The Morgan fingerprint density at radius 3 is 1.20 bits per heavy atom. The third-order valence-electron chi connectivity index (χ3n) is 2.22. The normalized spacial score (nSPS) is 10.0. The smallest absolute Gasteiger partial charge is 0.0466 e. The quantitative estimate of drug-likeness (QED) is 0.404. The predicted octanol–water partition coefficient (Wildman–Crippen LogP) is 2.93. The fraction of sp³-hybridized carbons (Fsp3) is 0.875. The fourth-order valence-corrected chi connectivity index (χ4v) is 1.24. The van der Waals surface area contributed by atoms with Crippen LogP contribution in [0.3, 0.4) is 0 Å². The summed E-state index contributed by atoms with van der Waals surface area (Å²) in [5.74, 6) is 0. The number of rotatable bonds is 13. The molecule has 0 aromatic rings. The van der Waals surface area contributed by atoms with Crippen LogP contribution >= 0.6 is 0 Å². The number of hydrogen-bond acceptors (Lipinski definition) is 4. The lowest BCUT2D eigenvalue weighted by atomic mass is 10.3. The highest BCUT2D eigenvalue weighted by atomic mass is 16.5. The molecule has 4 nitrogen and oxygen atoms in total. The third kappa shape index (κ3) is 30.5. The molecule has 0 aromatic carbocycles. The zero-order chi connectivity index (χ0) is 15.5. The molecule has 0 spiro atoms. The van der Waals surface area contributed by atoms with Crippen molar-refractivity contribution in [2.45, 2.75) is 52.4 Å². The van der Waals surface area contributed by atoms with E-state index in [9.17, 15) is 0 Å². The third-order valence-corrected chi connectivity index (χ3v) is 2.22. The highest BCUT2D eigenvalue weighted by Crippen LogP contribution is 1.95. The van der Waals surface area contributed by atoms with E-state index in [4.69, 9.17) is 19.7 Å². The maximum Gasteiger partial charge on any atom is 0.0466 e. The highest BCUT2D eigenvalue weighted by molar-refractivity contribution is 4.78. The second-order valence-corrected chi connectivity index (χ2v) is 5.00. The second kappa shape index (κ2) is 20.9. The Hall–Kier alpha value is -0.420. The molecule has 0 aliphatic heterocycles. The van der Waals surface area contributed by atoms with Crippen molar-refractivity contribution in [3.8, 4) is 0 Å². The van der Waals surface area contributed by atoms with E-state index in [0.717, 1.165) is 65.0 Å². The lowest BCUT2D eigenvalue weighted by Crippen LogP contribution is -2.02. The summed E-state index contributed by atoms with van der Waals surface area (Å²) in [4.78, 5) is 0. The van der Waals surface area contributed by atoms with Gasteiger partial charge in [0.2, 0.25) is 0 Å². The van der Waals surface area contributed by atoms with Crippen molar-refractivity contribution in [1.82, 2.24) is 0 Å². The number of unbranched alkanes of at least 4 members (excludes halogenated alkanes) is 3. The topological polar surface area (TPSA) is 58.9 Å². The molecule has 2 N–H and O–H groups in total. The summed E-state index contributed by atoms with van der Waals surface area (Å²) in [6.07, 6.45) is 5.59. The van der Waals surface area contributed by atoms with Gasteiger partial charge in [0.15, 0.2) is 0 Å². The summed E-state index contributed by atoms with van der Waals surface area (Å²) >= 11 is 0. The van der Waals surface area contributed by atoms with Crippen LogP contribution in [0.1, 0.15) is 52.4 Å². The fourth-order valence-electron chi connectivity index (χ4n) is 1.24. The number of aliphatic hydroxyl groups excluding tert-OH is 2. The van der Waals surface area contributed by atoms with Crippen molar-refractivity contribution in [1.29, 1.82) is 0 Å². The van der Waals surface area contributed by atoms with Gasteiger partial charge in [-0.25, -0.2) is 0 Å². The van der Waals surface area contributed by atoms with E-state index in [2.05, 4.69) is 6.58 Å². The van der Waals surface area contributed by atoms with E-state index < -0.39 is 0 Å². The number of hydrogen-bond donors (Lipinski definition) is 2.